The molecule has 4 atom stereocenters. The van der Waals surface area contributed by atoms with Crippen molar-refractivity contribution in [3.8, 4) is 5.75 Å². The van der Waals surface area contributed by atoms with Crippen LogP contribution in [0.25, 0.3) is 0 Å². The number of rotatable bonds is 5. The zero-order chi connectivity index (χ0) is 20.4. The Morgan fingerprint density at radius 1 is 1.10 bits per heavy atom. The molecule has 1 N–H and O–H groups in total. The predicted octanol–water partition coefficient (Wildman–Crippen LogP) is 2.60. The molecule has 3 aliphatic heterocycles. The summed E-state index contributed by atoms with van der Waals surface area (Å²) in [5, 5.41) is 2.60. The summed E-state index contributed by atoms with van der Waals surface area (Å²) in [5.74, 6) is 2.07. The van der Waals surface area contributed by atoms with Crippen LogP contribution in [0, 0.1) is 11.8 Å². The average molecular weight is 400 g/mol. The van der Waals surface area contributed by atoms with Gasteiger partial charge in [0.05, 0.1) is 7.11 Å². The van der Waals surface area contributed by atoms with E-state index < -0.39 is 0 Å². The van der Waals surface area contributed by atoms with E-state index in [1.165, 1.54) is 31.2 Å². The van der Waals surface area contributed by atoms with Crippen LogP contribution >= 0.6 is 0 Å². The van der Waals surface area contributed by atoms with Crippen LogP contribution in [0.2, 0.25) is 0 Å². The number of nitrogens with zero attached hydrogens (tertiary/aromatic N) is 2. The fourth-order valence-electron chi connectivity index (χ4n) is 5.70. The van der Waals surface area contributed by atoms with E-state index in [4.69, 9.17) is 4.74 Å². The number of carbonyl (C=O) groups is 2. The van der Waals surface area contributed by atoms with Crippen molar-refractivity contribution in [2.75, 3.05) is 33.8 Å². The van der Waals surface area contributed by atoms with Gasteiger partial charge in [0.15, 0.2) is 0 Å². The average Bonchev–Trinajstić information content (AvgIpc) is 2.76. The Labute approximate surface area is 173 Å². The van der Waals surface area contributed by atoms with E-state index >= 15 is 0 Å². The summed E-state index contributed by atoms with van der Waals surface area (Å²) in [5.41, 5.74) is 1.38. The van der Waals surface area contributed by atoms with Crippen LogP contribution in [-0.4, -0.2) is 61.4 Å². The zero-order valence-electron chi connectivity index (χ0n) is 17.6. The normalized spacial score (nSPS) is 29.1. The molecular formula is C23H33N3O3. The third-order valence-corrected chi connectivity index (χ3v) is 7.08. The first kappa shape index (κ1) is 20.2. The van der Waals surface area contributed by atoms with Gasteiger partial charge in [0.1, 0.15) is 5.75 Å². The monoisotopic (exact) mass is 399 g/mol. The van der Waals surface area contributed by atoms with Gasteiger partial charge in [0.2, 0.25) is 11.8 Å². The molecule has 1 aromatic carbocycles. The quantitative estimate of drug-likeness (QED) is 0.827. The van der Waals surface area contributed by atoms with E-state index in [0.717, 1.165) is 25.4 Å². The summed E-state index contributed by atoms with van der Waals surface area (Å²) < 4.78 is 5.32. The Hall–Kier alpha value is -2.08. The van der Waals surface area contributed by atoms with Crippen molar-refractivity contribution in [1.29, 1.82) is 0 Å². The van der Waals surface area contributed by atoms with Crippen molar-refractivity contribution < 1.29 is 14.3 Å². The van der Waals surface area contributed by atoms with Gasteiger partial charge in [-0.2, -0.15) is 0 Å². The lowest BCUT2D eigenvalue weighted by Gasteiger charge is -2.55. The first-order valence-electron chi connectivity index (χ1n) is 11.0. The SMILES string of the molecule is CNC(=O)CCC(=O)N1C[C@@H]2C[C@H](C1)[C@@H]1CCC[C@H](c3ccc(OC)cc3)N1C2. The molecule has 158 valence electrons. The lowest BCUT2D eigenvalue weighted by molar-refractivity contribution is -0.140. The van der Waals surface area contributed by atoms with Crippen LogP contribution in [0.1, 0.15) is 50.1 Å². The Bertz CT molecular complexity index is 735. The van der Waals surface area contributed by atoms with E-state index in [9.17, 15) is 9.59 Å². The van der Waals surface area contributed by atoms with E-state index in [1.807, 2.05) is 4.90 Å². The van der Waals surface area contributed by atoms with Gasteiger partial charge >= 0.3 is 0 Å². The van der Waals surface area contributed by atoms with Gasteiger partial charge in [0.25, 0.3) is 0 Å². The third-order valence-electron chi connectivity index (χ3n) is 7.08. The van der Waals surface area contributed by atoms with Gasteiger partial charge in [0, 0.05) is 51.6 Å². The number of hydrogen-bond acceptors (Lipinski definition) is 4. The molecule has 0 aromatic heterocycles. The number of benzene rings is 1. The number of carbonyl (C=O) groups excluding carboxylic acids is 2. The molecule has 0 radical (unpaired) electrons. The van der Waals surface area contributed by atoms with Crippen LogP contribution in [0.4, 0.5) is 0 Å². The number of ether oxygens (including phenoxy) is 1. The zero-order valence-corrected chi connectivity index (χ0v) is 17.6. The maximum atomic E-state index is 12.7. The molecule has 0 aliphatic carbocycles. The number of piperidine rings is 3. The van der Waals surface area contributed by atoms with E-state index in [2.05, 4.69) is 34.5 Å². The van der Waals surface area contributed by atoms with Gasteiger partial charge in [-0.05, 0) is 55.2 Å². The molecule has 3 fully saturated rings. The number of methoxy groups -OCH3 is 1. The number of fused-ring (bicyclic) bond motifs is 4. The maximum Gasteiger partial charge on any atom is 0.223 e. The molecule has 1 aromatic rings. The number of nitrogens with one attached hydrogen (secondary N) is 1. The van der Waals surface area contributed by atoms with Gasteiger partial charge in [-0.3, -0.25) is 14.5 Å². The highest BCUT2D eigenvalue weighted by molar-refractivity contribution is 5.83. The molecule has 0 spiro atoms. The van der Waals surface area contributed by atoms with Gasteiger partial charge in [-0.15, -0.1) is 0 Å². The van der Waals surface area contributed by atoms with Crippen molar-refractivity contribution in [2.24, 2.45) is 11.8 Å². The van der Waals surface area contributed by atoms with Crippen molar-refractivity contribution in [3.63, 3.8) is 0 Å². The Kier molecular flexibility index (Phi) is 6.09. The molecule has 2 bridgehead atoms. The van der Waals surface area contributed by atoms with E-state index in [0.29, 0.717) is 30.3 Å². The van der Waals surface area contributed by atoms with Crippen molar-refractivity contribution in [3.05, 3.63) is 29.8 Å². The molecule has 6 nitrogen and oxygen atoms in total. The minimum Gasteiger partial charge on any atom is -0.497 e. The Morgan fingerprint density at radius 3 is 2.62 bits per heavy atom. The predicted molar refractivity (Wildman–Crippen MR) is 112 cm³/mol. The Morgan fingerprint density at radius 2 is 1.90 bits per heavy atom. The summed E-state index contributed by atoms with van der Waals surface area (Å²) in [6, 6.07) is 9.59. The number of hydrogen-bond donors (Lipinski definition) is 1. The fourth-order valence-corrected chi connectivity index (χ4v) is 5.70. The summed E-state index contributed by atoms with van der Waals surface area (Å²) in [4.78, 5) is 28.9. The lowest BCUT2D eigenvalue weighted by Crippen LogP contribution is -2.60. The van der Waals surface area contributed by atoms with Crippen molar-refractivity contribution in [2.45, 2.75) is 50.6 Å². The molecular weight excluding hydrogens is 366 g/mol. The molecule has 2 amide bonds. The smallest absolute Gasteiger partial charge is 0.223 e. The van der Waals surface area contributed by atoms with Crippen LogP contribution in [0.5, 0.6) is 5.75 Å². The summed E-state index contributed by atoms with van der Waals surface area (Å²) >= 11 is 0. The minimum atomic E-state index is -0.0589. The molecule has 3 heterocycles. The maximum absolute atomic E-state index is 12.7. The Balaban J connectivity index is 1.44. The van der Waals surface area contributed by atoms with Crippen molar-refractivity contribution in [1.82, 2.24) is 15.1 Å². The number of likely N-dealkylation sites (tertiary alicyclic amines) is 1. The summed E-state index contributed by atoms with van der Waals surface area (Å²) in [6.07, 6.45) is 5.51. The minimum absolute atomic E-state index is 0.0589. The summed E-state index contributed by atoms with van der Waals surface area (Å²) in [7, 11) is 3.33. The van der Waals surface area contributed by atoms with E-state index in [-0.39, 0.29) is 18.2 Å². The first-order chi connectivity index (χ1) is 14.1. The van der Waals surface area contributed by atoms with Crippen LogP contribution in [0.15, 0.2) is 24.3 Å². The topological polar surface area (TPSA) is 61.9 Å². The molecule has 3 saturated heterocycles. The lowest BCUT2D eigenvalue weighted by atomic mass is 9.74. The molecule has 3 aliphatic rings. The van der Waals surface area contributed by atoms with Gasteiger partial charge in [-0.25, -0.2) is 0 Å². The highest BCUT2D eigenvalue weighted by Crippen LogP contribution is 2.44. The first-order valence-corrected chi connectivity index (χ1v) is 11.0. The van der Waals surface area contributed by atoms with Crippen molar-refractivity contribution >= 4 is 11.8 Å². The van der Waals surface area contributed by atoms with Crippen LogP contribution in [-0.2, 0) is 9.59 Å². The fraction of sp³-hybridized carbons (Fsp3) is 0.652. The van der Waals surface area contributed by atoms with Gasteiger partial charge in [-0.1, -0.05) is 12.1 Å². The second kappa shape index (κ2) is 8.74. The standard InChI is InChI=1S/C23H33N3O3/c1-24-22(27)10-11-23(28)25-13-16-12-18(15-25)21-5-3-4-20(26(21)14-16)17-6-8-19(29-2)9-7-17/h6-9,16,18,20-21H,3-5,10-15H2,1-2H3,(H,24,27)/t16-,18+,20+,21-/m0/s1. The third kappa shape index (κ3) is 4.27. The van der Waals surface area contributed by atoms with Crippen LogP contribution in [0.3, 0.4) is 0 Å². The molecule has 6 heteroatoms. The molecule has 0 saturated carbocycles. The number of amides is 2. The summed E-state index contributed by atoms with van der Waals surface area (Å²) in [6.45, 7) is 2.75. The molecule has 4 rings (SSSR count). The highest BCUT2D eigenvalue weighted by atomic mass is 16.5. The highest BCUT2D eigenvalue weighted by Gasteiger charge is 2.45. The second-order valence-electron chi connectivity index (χ2n) is 8.82. The van der Waals surface area contributed by atoms with E-state index in [1.54, 1.807) is 14.2 Å². The van der Waals surface area contributed by atoms with Gasteiger partial charge < -0.3 is 15.0 Å². The molecule has 0 unspecified atom stereocenters. The largest absolute Gasteiger partial charge is 0.497 e. The second-order valence-corrected chi connectivity index (χ2v) is 8.82. The van der Waals surface area contributed by atoms with Crippen LogP contribution < -0.4 is 10.1 Å². The molecule has 29 heavy (non-hydrogen) atoms.